The van der Waals surface area contributed by atoms with Crippen LogP contribution in [0.15, 0.2) is 29.2 Å². The summed E-state index contributed by atoms with van der Waals surface area (Å²) in [5.74, 6) is 0.289. The van der Waals surface area contributed by atoms with Crippen molar-refractivity contribution in [2.75, 3.05) is 48.4 Å². The molecule has 15 heteroatoms. The third-order valence-corrected chi connectivity index (χ3v) is 4.77. The summed E-state index contributed by atoms with van der Waals surface area (Å²) in [6.07, 6.45) is 1.04. The number of anilines is 4. The molecule has 0 fully saturated rings. The fraction of sp³-hybridized carbons (Fsp3) is 0.357. The van der Waals surface area contributed by atoms with Gasteiger partial charge in [-0.15, -0.1) is 0 Å². The Morgan fingerprint density at radius 2 is 1.55 bits per heavy atom. The standard InChI is InChI=1S/C14H21N7O6S2/c1-28(23,24)17-6-5-15-12-19-13(16-7-8-22)21-14(20-12)18-10-3-2-4-11(9-10)29(25,26)27/h2-4,9,17,22H,5-8H2,1H3,(H,25,26,27)(H3,15,16,18,19,20,21). The van der Waals surface area contributed by atoms with Crippen molar-refractivity contribution in [1.29, 1.82) is 0 Å². The van der Waals surface area contributed by atoms with Gasteiger partial charge in [0.25, 0.3) is 10.1 Å². The van der Waals surface area contributed by atoms with E-state index in [1.807, 2.05) is 0 Å². The van der Waals surface area contributed by atoms with Crippen molar-refractivity contribution in [2.45, 2.75) is 4.90 Å². The van der Waals surface area contributed by atoms with E-state index in [9.17, 15) is 16.8 Å². The molecule has 6 N–H and O–H groups in total. The van der Waals surface area contributed by atoms with Crippen molar-refractivity contribution in [3.8, 4) is 0 Å². The third kappa shape index (κ3) is 8.12. The van der Waals surface area contributed by atoms with Crippen LogP contribution in [0.4, 0.5) is 23.5 Å². The van der Waals surface area contributed by atoms with Gasteiger partial charge in [-0.3, -0.25) is 4.55 Å². The van der Waals surface area contributed by atoms with Gasteiger partial charge in [0.1, 0.15) is 0 Å². The lowest BCUT2D eigenvalue weighted by atomic mass is 10.3. The van der Waals surface area contributed by atoms with Crippen molar-refractivity contribution in [1.82, 2.24) is 19.7 Å². The van der Waals surface area contributed by atoms with Gasteiger partial charge in [-0.05, 0) is 18.2 Å². The lowest BCUT2D eigenvalue weighted by Gasteiger charge is -2.11. The molecule has 1 aromatic carbocycles. The number of aromatic nitrogens is 3. The van der Waals surface area contributed by atoms with E-state index in [1.54, 1.807) is 6.07 Å². The van der Waals surface area contributed by atoms with Crippen LogP contribution in [0.25, 0.3) is 0 Å². The van der Waals surface area contributed by atoms with Crippen LogP contribution in [0.1, 0.15) is 0 Å². The summed E-state index contributed by atoms with van der Waals surface area (Å²) in [6.45, 7) is 0.306. The zero-order valence-electron chi connectivity index (χ0n) is 15.3. The van der Waals surface area contributed by atoms with Gasteiger partial charge in [0.15, 0.2) is 0 Å². The first-order valence-electron chi connectivity index (χ1n) is 8.21. The van der Waals surface area contributed by atoms with Crippen LogP contribution < -0.4 is 20.7 Å². The second-order valence-corrected chi connectivity index (χ2v) is 8.93. The molecule has 0 unspecified atom stereocenters. The average molecular weight is 447 g/mol. The Kier molecular flexibility index (Phi) is 7.63. The minimum atomic E-state index is -4.37. The lowest BCUT2D eigenvalue weighted by molar-refractivity contribution is 0.311. The molecule has 0 aliphatic heterocycles. The van der Waals surface area contributed by atoms with Crippen LogP contribution in [0.2, 0.25) is 0 Å². The first-order valence-corrected chi connectivity index (χ1v) is 11.5. The van der Waals surface area contributed by atoms with Gasteiger partial charge in [0.05, 0.1) is 17.8 Å². The molecule has 2 rings (SSSR count). The van der Waals surface area contributed by atoms with Gasteiger partial charge in [-0.25, -0.2) is 13.1 Å². The number of hydrogen-bond acceptors (Lipinski definition) is 11. The van der Waals surface area contributed by atoms with Crippen LogP contribution in [0.3, 0.4) is 0 Å². The number of aliphatic hydroxyl groups is 1. The Balaban J connectivity index is 2.19. The van der Waals surface area contributed by atoms with Crippen molar-refractivity contribution in [2.24, 2.45) is 0 Å². The molecule has 0 spiro atoms. The first kappa shape index (κ1) is 22.7. The number of aliphatic hydroxyl groups excluding tert-OH is 1. The van der Waals surface area contributed by atoms with Crippen molar-refractivity contribution in [3.05, 3.63) is 24.3 Å². The summed E-state index contributed by atoms with van der Waals surface area (Å²) in [6, 6.07) is 5.39. The topological polar surface area (TPSA) is 196 Å². The Morgan fingerprint density at radius 3 is 2.14 bits per heavy atom. The normalized spacial score (nSPS) is 11.8. The highest BCUT2D eigenvalue weighted by Gasteiger charge is 2.11. The average Bonchev–Trinajstić information content (AvgIpc) is 2.62. The highest BCUT2D eigenvalue weighted by atomic mass is 32.2. The fourth-order valence-electron chi connectivity index (χ4n) is 2.03. The molecule has 29 heavy (non-hydrogen) atoms. The zero-order valence-corrected chi connectivity index (χ0v) is 17.0. The van der Waals surface area contributed by atoms with Gasteiger partial charge < -0.3 is 21.1 Å². The van der Waals surface area contributed by atoms with E-state index in [0.29, 0.717) is 5.69 Å². The van der Waals surface area contributed by atoms with E-state index in [-0.39, 0.29) is 49.0 Å². The second-order valence-electron chi connectivity index (χ2n) is 5.68. The maximum absolute atomic E-state index is 11.3. The van der Waals surface area contributed by atoms with E-state index in [4.69, 9.17) is 9.66 Å². The van der Waals surface area contributed by atoms with Crippen molar-refractivity contribution in [3.63, 3.8) is 0 Å². The van der Waals surface area contributed by atoms with Crippen molar-refractivity contribution >= 4 is 43.7 Å². The summed E-state index contributed by atoms with van der Waals surface area (Å²) in [5, 5.41) is 17.3. The highest BCUT2D eigenvalue weighted by Crippen LogP contribution is 2.19. The molecule has 1 heterocycles. The number of hydrogen-bond donors (Lipinski definition) is 6. The smallest absolute Gasteiger partial charge is 0.294 e. The van der Waals surface area contributed by atoms with Crippen LogP contribution >= 0.6 is 0 Å². The Hall–Kier alpha value is -2.59. The molecule has 160 valence electrons. The summed E-state index contributed by atoms with van der Waals surface area (Å²) in [4.78, 5) is 12.0. The molecule has 0 saturated carbocycles. The summed E-state index contributed by atoms with van der Waals surface area (Å²) >= 11 is 0. The highest BCUT2D eigenvalue weighted by molar-refractivity contribution is 7.88. The largest absolute Gasteiger partial charge is 0.395 e. The first-order chi connectivity index (χ1) is 13.6. The van der Waals surface area contributed by atoms with Crippen molar-refractivity contribution < 1.29 is 26.5 Å². The maximum Gasteiger partial charge on any atom is 0.294 e. The molecule has 0 bridgehead atoms. The molecular weight excluding hydrogens is 426 g/mol. The third-order valence-electron chi connectivity index (χ3n) is 3.19. The van der Waals surface area contributed by atoms with Crippen LogP contribution in [-0.4, -0.2) is 73.9 Å². The summed E-state index contributed by atoms with van der Waals surface area (Å²) in [7, 11) is -7.70. The molecule has 0 radical (unpaired) electrons. The minimum Gasteiger partial charge on any atom is -0.395 e. The molecule has 2 aromatic rings. The zero-order chi connectivity index (χ0) is 21.5. The Labute approximate surface area is 167 Å². The van der Waals surface area contributed by atoms with Crippen LogP contribution in [-0.2, 0) is 20.1 Å². The molecule has 1 aromatic heterocycles. The number of rotatable bonds is 11. The summed E-state index contributed by atoms with van der Waals surface area (Å²) in [5.41, 5.74) is 0.295. The van der Waals surface area contributed by atoms with E-state index >= 15 is 0 Å². The second kappa shape index (κ2) is 9.75. The van der Waals surface area contributed by atoms with Crippen LogP contribution in [0.5, 0.6) is 0 Å². The molecule has 0 amide bonds. The van der Waals surface area contributed by atoms with Gasteiger partial charge >= 0.3 is 0 Å². The van der Waals surface area contributed by atoms with E-state index < -0.39 is 20.1 Å². The predicted octanol–water partition coefficient (Wildman–Crippen LogP) is -0.773. The lowest BCUT2D eigenvalue weighted by Crippen LogP contribution is -2.28. The van der Waals surface area contributed by atoms with Gasteiger partial charge in [-0.1, -0.05) is 6.07 Å². The van der Waals surface area contributed by atoms with E-state index in [0.717, 1.165) is 6.26 Å². The molecule has 0 atom stereocenters. The number of sulfonamides is 1. The fourth-order valence-corrected chi connectivity index (χ4v) is 3.03. The van der Waals surface area contributed by atoms with Crippen LogP contribution in [0, 0.1) is 0 Å². The number of benzene rings is 1. The van der Waals surface area contributed by atoms with E-state index in [2.05, 4.69) is 35.6 Å². The number of nitrogens with zero attached hydrogens (tertiary/aromatic N) is 3. The van der Waals surface area contributed by atoms with Gasteiger partial charge in [0, 0.05) is 25.3 Å². The Morgan fingerprint density at radius 1 is 0.931 bits per heavy atom. The van der Waals surface area contributed by atoms with E-state index in [1.165, 1.54) is 18.2 Å². The predicted molar refractivity (Wildman–Crippen MR) is 106 cm³/mol. The minimum absolute atomic E-state index is 0.0477. The van der Waals surface area contributed by atoms with Gasteiger partial charge in [-0.2, -0.15) is 23.4 Å². The maximum atomic E-state index is 11.3. The molecule has 0 aliphatic rings. The SMILES string of the molecule is CS(=O)(=O)NCCNc1nc(NCCO)nc(Nc2cccc(S(=O)(=O)O)c2)n1. The molecule has 0 saturated heterocycles. The van der Waals surface area contributed by atoms with Gasteiger partial charge in [0.2, 0.25) is 27.9 Å². The molecular formula is C14H21N7O6S2. The monoisotopic (exact) mass is 447 g/mol. The Bertz CT molecular complexity index is 1050. The molecule has 0 aliphatic carbocycles. The molecule has 13 nitrogen and oxygen atoms in total. The number of nitrogens with one attached hydrogen (secondary N) is 4. The quantitative estimate of drug-likeness (QED) is 0.186. The summed E-state index contributed by atoms with van der Waals surface area (Å²) < 4.78 is 56.2.